The van der Waals surface area contributed by atoms with Crippen molar-refractivity contribution in [3.05, 3.63) is 59.7 Å². The molecule has 2 aromatic carbocycles. The quantitative estimate of drug-likeness (QED) is 0.620. The molecule has 1 amide bonds. The van der Waals surface area contributed by atoms with E-state index in [0.29, 0.717) is 12.3 Å². The molecule has 0 radical (unpaired) electrons. The van der Waals surface area contributed by atoms with Crippen molar-refractivity contribution in [2.75, 3.05) is 20.8 Å². The van der Waals surface area contributed by atoms with Crippen LogP contribution in [0.2, 0.25) is 0 Å². The summed E-state index contributed by atoms with van der Waals surface area (Å²) in [7, 11) is 3.28. The van der Waals surface area contributed by atoms with Gasteiger partial charge in [-0.05, 0) is 49.2 Å². The Bertz CT molecular complexity index is 786. The minimum atomic E-state index is -0.451. The molecule has 0 saturated heterocycles. The number of carbonyl (C=O) groups excluding carboxylic acids is 2. The van der Waals surface area contributed by atoms with Crippen LogP contribution in [0.5, 0.6) is 11.5 Å². The first-order chi connectivity index (χ1) is 13.4. The van der Waals surface area contributed by atoms with E-state index in [1.54, 1.807) is 20.2 Å². The molecule has 0 N–H and O–H groups in total. The molecule has 6 nitrogen and oxygen atoms in total. The molecule has 0 heterocycles. The summed E-state index contributed by atoms with van der Waals surface area (Å²) in [4.78, 5) is 25.8. The molecule has 0 saturated carbocycles. The Balaban J connectivity index is 1.80. The Morgan fingerprint density at radius 2 is 1.71 bits per heavy atom. The van der Waals surface area contributed by atoms with Crippen LogP contribution in [0.15, 0.2) is 48.5 Å². The Labute approximate surface area is 166 Å². The molecule has 0 aliphatic heterocycles. The molecule has 28 heavy (non-hydrogen) atoms. The van der Waals surface area contributed by atoms with Gasteiger partial charge in [-0.15, -0.1) is 0 Å². The predicted octanol–water partition coefficient (Wildman–Crippen LogP) is 3.23. The van der Waals surface area contributed by atoms with Gasteiger partial charge in [0, 0.05) is 13.6 Å². The number of nitrogens with zero attached hydrogens (tertiary/aromatic N) is 1. The van der Waals surface area contributed by atoms with Gasteiger partial charge in [0.15, 0.2) is 6.61 Å². The van der Waals surface area contributed by atoms with E-state index in [0.717, 1.165) is 16.9 Å². The average molecular weight is 385 g/mol. The lowest BCUT2D eigenvalue weighted by Crippen LogP contribution is -2.31. The maximum atomic E-state index is 12.2. The number of amides is 1. The van der Waals surface area contributed by atoms with E-state index in [1.165, 1.54) is 4.90 Å². The Morgan fingerprint density at radius 3 is 2.36 bits per heavy atom. The van der Waals surface area contributed by atoms with Gasteiger partial charge in [0.2, 0.25) is 0 Å². The number of methoxy groups -OCH3 is 1. The molecular weight excluding hydrogens is 358 g/mol. The van der Waals surface area contributed by atoms with E-state index in [-0.39, 0.29) is 25.0 Å². The normalized spacial score (nSPS) is 10.5. The molecule has 0 fully saturated rings. The van der Waals surface area contributed by atoms with Crippen LogP contribution < -0.4 is 9.47 Å². The molecule has 0 unspecified atom stereocenters. The highest BCUT2D eigenvalue weighted by atomic mass is 16.5. The van der Waals surface area contributed by atoms with Crippen LogP contribution in [0.25, 0.3) is 0 Å². The highest BCUT2D eigenvalue weighted by molar-refractivity contribution is 5.81. The maximum Gasteiger partial charge on any atom is 0.310 e. The highest BCUT2D eigenvalue weighted by Crippen LogP contribution is 2.16. The van der Waals surface area contributed by atoms with Gasteiger partial charge >= 0.3 is 5.97 Å². The number of hydrogen-bond acceptors (Lipinski definition) is 5. The van der Waals surface area contributed by atoms with Crippen molar-refractivity contribution in [3.63, 3.8) is 0 Å². The smallest absolute Gasteiger partial charge is 0.310 e. The van der Waals surface area contributed by atoms with Crippen molar-refractivity contribution >= 4 is 11.9 Å². The third kappa shape index (κ3) is 6.95. The first kappa shape index (κ1) is 21.3. The van der Waals surface area contributed by atoms with E-state index < -0.39 is 5.97 Å². The van der Waals surface area contributed by atoms with Gasteiger partial charge in [-0.3, -0.25) is 9.59 Å². The zero-order valence-corrected chi connectivity index (χ0v) is 16.8. The summed E-state index contributed by atoms with van der Waals surface area (Å²) in [6.07, 6.45) is 0.145. The predicted molar refractivity (Wildman–Crippen MR) is 106 cm³/mol. The zero-order valence-electron chi connectivity index (χ0n) is 16.8. The topological polar surface area (TPSA) is 65.1 Å². The van der Waals surface area contributed by atoms with Crippen molar-refractivity contribution in [2.24, 2.45) is 0 Å². The Kier molecular flexibility index (Phi) is 7.87. The van der Waals surface area contributed by atoms with E-state index in [4.69, 9.17) is 14.2 Å². The summed E-state index contributed by atoms with van der Waals surface area (Å²) in [5.41, 5.74) is 1.74. The van der Waals surface area contributed by atoms with E-state index in [2.05, 4.69) is 0 Å². The zero-order chi connectivity index (χ0) is 20.5. The first-order valence-corrected chi connectivity index (χ1v) is 9.15. The van der Waals surface area contributed by atoms with Gasteiger partial charge in [-0.25, -0.2) is 0 Å². The van der Waals surface area contributed by atoms with Gasteiger partial charge in [0.1, 0.15) is 11.5 Å². The Morgan fingerprint density at radius 1 is 1.00 bits per heavy atom. The second-order valence-corrected chi connectivity index (χ2v) is 6.75. The number of rotatable bonds is 9. The fourth-order valence-electron chi connectivity index (χ4n) is 2.56. The van der Waals surface area contributed by atoms with E-state index in [1.807, 2.05) is 56.3 Å². The molecule has 2 aromatic rings. The largest absolute Gasteiger partial charge is 0.497 e. The molecular formula is C22H27NO5. The standard InChI is InChI=1S/C22H27NO5/c1-16(2)28-20-7-5-6-18(12-20)13-22(25)27-15-21(24)23(3)14-17-8-10-19(26-4)11-9-17/h5-12,16H,13-15H2,1-4H3. The lowest BCUT2D eigenvalue weighted by molar-refractivity contribution is -0.151. The van der Waals surface area contributed by atoms with Gasteiger partial charge in [0.25, 0.3) is 5.91 Å². The number of hydrogen-bond donors (Lipinski definition) is 0. The summed E-state index contributed by atoms with van der Waals surface area (Å²) < 4.78 is 15.9. The second kappa shape index (κ2) is 10.3. The average Bonchev–Trinajstić information content (AvgIpc) is 2.66. The minimum absolute atomic E-state index is 0.0565. The number of esters is 1. The van der Waals surface area contributed by atoms with Crippen molar-refractivity contribution in [2.45, 2.75) is 32.9 Å². The van der Waals surface area contributed by atoms with Crippen LogP contribution in [0, 0.1) is 0 Å². The third-order valence-electron chi connectivity index (χ3n) is 3.98. The summed E-state index contributed by atoms with van der Waals surface area (Å²) >= 11 is 0. The molecule has 0 atom stereocenters. The van der Waals surface area contributed by atoms with Crippen molar-refractivity contribution in [1.29, 1.82) is 0 Å². The number of likely N-dealkylation sites (N-methyl/N-ethyl adjacent to an activating group) is 1. The van der Waals surface area contributed by atoms with E-state index >= 15 is 0 Å². The van der Waals surface area contributed by atoms with Crippen LogP contribution in [0.3, 0.4) is 0 Å². The van der Waals surface area contributed by atoms with Crippen molar-refractivity contribution in [1.82, 2.24) is 4.90 Å². The number of ether oxygens (including phenoxy) is 3. The van der Waals surface area contributed by atoms with Gasteiger partial charge in [0.05, 0.1) is 19.6 Å². The molecule has 2 rings (SSSR count). The molecule has 0 aromatic heterocycles. The SMILES string of the molecule is COc1ccc(CN(C)C(=O)COC(=O)Cc2cccc(OC(C)C)c2)cc1. The third-order valence-corrected chi connectivity index (χ3v) is 3.98. The molecule has 0 spiro atoms. The summed E-state index contributed by atoms with van der Waals surface area (Å²) in [6.45, 7) is 4.02. The van der Waals surface area contributed by atoms with Gasteiger partial charge in [-0.1, -0.05) is 24.3 Å². The number of benzene rings is 2. The first-order valence-electron chi connectivity index (χ1n) is 9.15. The van der Waals surface area contributed by atoms with Crippen molar-refractivity contribution in [3.8, 4) is 11.5 Å². The maximum absolute atomic E-state index is 12.2. The fourth-order valence-corrected chi connectivity index (χ4v) is 2.56. The lowest BCUT2D eigenvalue weighted by Gasteiger charge is -2.17. The molecule has 6 heteroatoms. The van der Waals surface area contributed by atoms with Crippen LogP contribution in [-0.4, -0.2) is 43.6 Å². The minimum Gasteiger partial charge on any atom is -0.497 e. The van der Waals surface area contributed by atoms with Gasteiger partial charge in [-0.2, -0.15) is 0 Å². The molecule has 0 aliphatic rings. The summed E-state index contributed by atoms with van der Waals surface area (Å²) in [5.74, 6) is 0.749. The summed E-state index contributed by atoms with van der Waals surface area (Å²) in [5, 5.41) is 0. The monoisotopic (exact) mass is 385 g/mol. The second-order valence-electron chi connectivity index (χ2n) is 6.75. The van der Waals surface area contributed by atoms with Crippen LogP contribution in [0.4, 0.5) is 0 Å². The van der Waals surface area contributed by atoms with Crippen molar-refractivity contribution < 1.29 is 23.8 Å². The number of carbonyl (C=O) groups is 2. The van der Waals surface area contributed by atoms with Crippen LogP contribution in [-0.2, 0) is 27.3 Å². The van der Waals surface area contributed by atoms with E-state index in [9.17, 15) is 9.59 Å². The molecule has 0 bridgehead atoms. The fraction of sp³-hybridized carbons (Fsp3) is 0.364. The Hall–Kier alpha value is -3.02. The molecule has 150 valence electrons. The summed E-state index contributed by atoms with van der Waals surface area (Å²) in [6, 6.07) is 14.8. The van der Waals surface area contributed by atoms with Crippen LogP contribution >= 0.6 is 0 Å². The molecule has 0 aliphatic carbocycles. The van der Waals surface area contributed by atoms with Crippen LogP contribution in [0.1, 0.15) is 25.0 Å². The van der Waals surface area contributed by atoms with Gasteiger partial charge < -0.3 is 19.1 Å². The lowest BCUT2D eigenvalue weighted by atomic mass is 10.1. The highest BCUT2D eigenvalue weighted by Gasteiger charge is 2.13.